The van der Waals surface area contributed by atoms with Crippen LogP contribution in [0, 0.1) is 17.5 Å². The fraction of sp³-hybridized carbons (Fsp3) is 0.588. The molecule has 24 heavy (non-hydrogen) atoms. The van der Waals surface area contributed by atoms with Gasteiger partial charge in [-0.05, 0) is 43.9 Å². The molecule has 2 atom stereocenters. The van der Waals surface area contributed by atoms with Crippen molar-refractivity contribution < 1.29 is 18.0 Å². The van der Waals surface area contributed by atoms with Gasteiger partial charge >= 0.3 is 6.03 Å². The highest BCUT2D eigenvalue weighted by Crippen LogP contribution is 2.33. The van der Waals surface area contributed by atoms with Crippen molar-refractivity contribution in [1.29, 1.82) is 0 Å². The molecule has 1 saturated carbocycles. The molecule has 1 heterocycles. The van der Waals surface area contributed by atoms with E-state index in [-0.39, 0.29) is 24.2 Å². The molecule has 1 saturated heterocycles. The first-order valence-electron chi connectivity index (χ1n) is 8.26. The Kier molecular flexibility index (Phi) is 4.71. The second-order valence-electron chi connectivity index (χ2n) is 6.89. The molecule has 1 aromatic carbocycles. The molecule has 0 spiro atoms. The summed E-state index contributed by atoms with van der Waals surface area (Å²) in [6.07, 6.45) is 3.36. The zero-order chi connectivity index (χ0) is 17.4. The van der Waals surface area contributed by atoms with Crippen LogP contribution in [0.15, 0.2) is 12.1 Å². The van der Waals surface area contributed by atoms with Crippen molar-refractivity contribution in [3.8, 4) is 0 Å². The molecule has 0 aromatic heterocycles. The summed E-state index contributed by atoms with van der Waals surface area (Å²) in [6, 6.07) is 2.72. The topological polar surface area (TPSA) is 35.6 Å². The second-order valence-corrected chi connectivity index (χ2v) is 6.89. The van der Waals surface area contributed by atoms with Crippen LogP contribution in [-0.2, 0) is 6.54 Å². The number of hydrogen-bond donors (Lipinski definition) is 1. The Morgan fingerprint density at radius 1 is 1.29 bits per heavy atom. The van der Waals surface area contributed by atoms with Crippen LogP contribution in [0.4, 0.5) is 18.0 Å². The SMILES string of the molecule is C[C@@H]1C[C@H](NC(=O)N(C)Cc2cc(F)c(F)c(F)c2)CN1C1CC1. The van der Waals surface area contributed by atoms with Gasteiger partial charge in [0.1, 0.15) is 0 Å². The van der Waals surface area contributed by atoms with Crippen LogP contribution in [0.25, 0.3) is 0 Å². The lowest BCUT2D eigenvalue weighted by molar-refractivity contribution is 0.201. The molecule has 3 rings (SSSR count). The smallest absolute Gasteiger partial charge is 0.317 e. The van der Waals surface area contributed by atoms with E-state index in [0.29, 0.717) is 12.1 Å². The Labute approximate surface area is 139 Å². The number of amides is 2. The fourth-order valence-corrected chi connectivity index (χ4v) is 3.41. The van der Waals surface area contributed by atoms with Crippen molar-refractivity contribution in [2.24, 2.45) is 0 Å². The number of carbonyl (C=O) groups is 1. The Bertz CT molecular complexity index is 613. The third kappa shape index (κ3) is 3.66. The average molecular weight is 341 g/mol. The Balaban J connectivity index is 1.55. The minimum atomic E-state index is -1.49. The van der Waals surface area contributed by atoms with Gasteiger partial charge in [-0.2, -0.15) is 0 Å². The molecule has 0 bridgehead atoms. The normalized spacial score (nSPS) is 24.2. The zero-order valence-corrected chi connectivity index (χ0v) is 13.9. The van der Waals surface area contributed by atoms with Gasteiger partial charge in [0.25, 0.3) is 0 Å². The highest BCUT2D eigenvalue weighted by atomic mass is 19.2. The summed E-state index contributed by atoms with van der Waals surface area (Å²) in [5.41, 5.74) is 0.212. The first-order chi connectivity index (χ1) is 11.3. The lowest BCUT2D eigenvalue weighted by Gasteiger charge is -2.22. The lowest BCUT2D eigenvalue weighted by Crippen LogP contribution is -2.44. The van der Waals surface area contributed by atoms with Crippen LogP contribution in [-0.4, -0.2) is 47.5 Å². The number of likely N-dealkylation sites (tertiary alicyclic amines) is 1. The predicted octanol–water partition coefficient (Wildman–Crippen LogP) is 2.87. The standard InChI is InChI=1S/C17H22F3N3O/c1-10-5-12(9-23(10)13-3-4-13)21-17(24)22(2)8-11-6-14(18)16(20)15(19)7-11/h6-7,10,12-13H,3-5,8-9H2,1-2H3,(H,21,24)/t10-,12+/m1/s1. The molecule has 1 N–H and O–H groups in total. The monoisotopic (exact) mass is 341 g/mol. The van der Waals surface area contributed by atoms with E-state index in [1.54, 1.807) is 7.05 Å². The van der Waals surface area contributed by atoms with Gasteiger partial charge in [0, 0.05) is 38.3 Å². The largest absolute Gasteiger partial charge is 0.334 e. The molecule has 0 unspecified atom stereocenters. The second kappa shape index (κ2) is 6.63. The molecule has 2 amide bonds. The van der Waals surface area contributed by atoms with Crippen molar-refractivity contribution >= 4 is 6.03 Å². The average Bonchev–Trinajstić information content (AvgIpc) is 3.28. The summed E-state index contributed by atoms with van der Waals surface area (Å²) >= 11 is 0. The van der Waals surface area contributed by atoms with Gasteiger partial charge < -0.3 is 10.2 Å². The van der Waals surface area contributed by atoms with Crippen LogP contribution < -0.4 is 5.32 Å². The van der Waals surface area contributed by atoms with Crippen molar-refractivity contribution in [1.82, 2.24) is 15.1 Å². The molecule has 1 aliphatic heterocycles. The number of hydrogen-bond acceptors (Lipinski definition) is 2. The number of rotatable bonds is 4. The van der Waals surface area contributed by atoms with E-state index in [1.165, 1.54) is 17.7 Å². The minimum absolute atomic E-state index is 0.00850. The fourth-order valence-electron chi connectivity index (χ4n) is 3.41. The summed E-state index contributed by atoms with van der Waals surface area (Å²) in [7, 11) is 1.55. The van der Waals surface area contributed by atoms with Gasteiger partial charge in [-0.15, -0.1) is 0 Å². The van der Waals surface area contributed by atoms with Crippen LogP contribution in [0.3, 0.4) is 0 Å². The lowest BCUT2D eigenvalue weighted by atomic mass is 10.2. The molecule has 7 heteroatoms. The van der Waals surface area contributed by atoms with E-state index in [1.807, 2.05) is 0 Å². The van der Waals surface area contributed by atoms with E-state index in [4.69, 9.17) is 0 Å². The summed E-state index contributed by atoms with van der Waals surface area (Å²) in [5.74, 6) is -3.99. The number of benzene rings is 1. The molecule has 1 aromatic rings. The van der Waals surface area contributed by atoms with E-state index < -0.39 is 17.5 Å². The van der Waals surface area contributed by atoms with Crippen LogP contribution in [0.5, 0.6) is 0 Å². The van der Waals surface area contributed by atoms with E-state index >= 15 is 0 Å². The highest BCUT2D eigenvalue weighted by molar-refractivity contribution is 5.74. The van der Waals surface area contributed by atoms with Gasteiger partial charge in [0.2, 0.25) is 0 Å². The molecule has 2 aliphatic rings. The number of carbonyl (C=O) groups excluding carboxylic acids is 1. The maximum absolute atomic E-state index is 13.2. The van der Waals surface area contributed by atoms with Crippen LogP contribution >= 0.6 is 0 Å². The number of urea groups is 1. The number of halogens is 3. The van der Waals surface area contributed by atoms with Crippen molar-refractivity contribution in [2.45, 2.75) is 50.9 Å². The number of nitrogens with one attached hydrogen (secondary N) is 1. The summed E-state index contributed by atoms with van der Waals surface area (Å²) in [4.78, 5) is 16.0. The zero-order valence-electron chi connectivity index (χ0n) is 13.9. The van der Waals surface area contributed by atoms with E-state index in [9.17, 15) is 18.0 Å². The summed E-state index contributed by atoms with van der Waals surface area (Å²) < 4.78 is 39.5. The first kappa shape index (κ1) is 17.1. The van der Waals surface area contributed by atoms with Gasteiger partial charge in [-0.3, -0.25) is 4.90 Å². The van der Waals surface area contributed by atoms with E-state index in [2.05, 4.69) is 17.1 Å². The number of nitrogens with zero attached hydrogens (tertiary/aromatic N) is 2. The summed E-state index contributed by atoms with van der Waals surface area (Å²) in [5, 5.41) is 2.97. The van der Waals surface area contributed by atoms with Gasteiger partial charge in [0.15, 0.2) is 17.5 Å². The quantitative estimate of drug-likeness (QED) is 0.855. The van der Waals surface area contributed by atoms with E-state index in [0.717, 1.165) is 25.1 Å². The molecule has 132 valence electrons. The molecule has 0 radical (unpaired) electrons. The van der Waals surface area contributed by atoms with Crippen molar-refractivity contribution in [2.75, 3.05) is 13.6 Å². The van der Waals surface area contributed by atoms with Crippen LogP contribution in [0.2, 0.25) is 0 Å². The Hall–Kier alpha value is -1.76. The highest BCUT2D eigenvalue weighted by Gasteiger charge is 2.39. The first-order valence-corrected chi connectivity index (χ1v) is 8.26. The minimum Gasteiger partial charge on any atom is -0.334 e. The Morgan fingerprint density at radius 3 is 2.50 bits per heavy atom. The van der Waals surface area contributed by atoms with Crippen molar-refractivity contribution in [3.63, 3.8) is 0 Å². The van der Waals surface area contributed by atoms with Gasteiger partial charge in [0.05, 0.1) is 0 Å². The van der Waals surface area contributed by atoms with Crippen molar-refractivity contribution in [3.05, 3.63) is 35.1 Å². The van der Waals surface area contributed by atoms with Gasteiger partial charge in [-0.1, -0.05) is 0 Å². The molecular formula is C17H22F3N3O. The molecule has 1 aliphatic carbocycles. The molecule has 2 fully saturated rings. The molecular weight excluding hydrogens is 319 g/mol. The Morgan fingerprint density at radius 2 is 1.92 bits per heavy atom. The third-order valence-electron chi connectivity index (χ3n) is 4.78. The maximum atomic E-state index is 13.2. The molecule has 4 nitrogen and oxygen atoms in total. The third-order valence-corrected chi connectivity index (χ3v) is 4.78. The maximum Gasteiger partial charge on any atom is 0.317 e. The summed E-state index contributed by atoms with van der Waals surface area (Å²) in [6.45, 7) is 3.01. The predicted molar refractivity (Wildman–Crippen MR) is 83.9 cm³/mol. The van der Waals surface area contributed by atoms with Gasteiger partial charge in [-0.25, -0.2) is 18.0 Å². The van der Waals surface area contributed by atoms with Crippen LogP contribution in [0.1, 0.15) is 31.7 Å².